The summed E-state index contributed by atoms with van der Waals surface area (Å²) in [5.41, 5.74) is 5.36. The zero-order valence-electron chi connectivity index (χ0n) is 19.3. The molecule has 1 aliphatic rings. The molecule has 0 saturated heterocycles. The van der Waals surface area contributed by atoms with Gasteiger partial charge >= 0.3 is 0 Å². The Balaban J connectivity index is 1.85. The van der Waals surface area contributed by atoms with Crippen LogP contribution < -0.4 is 5.32 Å². The molecular weight excluding hydrogens is 416 g/mol. The van der Waals surface area contributed by atoms with Crippen molar-refractivity contribution in [1.29, 1.82) is 0 Å². The molecule has 0 bridgehead atoms. The lowest BCUT2D eigenvalue weighted by Crippen LogP contribution is -2.19. The summed E-state index contributed by atoms with van der Waals surface area (Å²) < 4.78 is 2.06. The van der Waals surface area contributed by atoms with E-state index in [0.29, 0.717) is 6.04 Å². The SMILES string of the molecule is CCn1nc(-c2ccccn2)c2c1N[C@H](C)CS[C@H]2c1ccc(C#CC(C)(C)O)cc1C. The fourth-order valence-electron chi connectivity index (χ4n) is 3.91. The molecule has 2 atom stereocenters. The van der Waals surface area contributed by atoms with Crippen molar-refractivity contribution < 1.29 is 5.11 Å². The molecule has 3 heterocycles. The molecule has 0 amide bonds. The van der Waals surface area contributed by atoms with Crippen LogP contribution in [0, 0.1) is 18.8 Å². The van der Waals surface area contributed by atoms with E-state index >= 15 is 0 Å². The summed E-state index contributed by atoms with van der Waals surface area (Å²) in [6.45, 7) is 10.7. The molecule has 32 heavy (non-hydrogen) atoms. The Morgan fingerprint density at radius 3 is 2.75 bits per heavy atom. The number of rotatable bonds is 3. The fourth-order valence-corrected chi connectivity index (χ4v) is 5.31. The third-order valence-corrected chi connectivity index (χ3v) is 6.93. The van der Waals surface area contributed by atoms with Crippen LogP contribution in [0.25, 0.3) is 11.4 Å². The van der Waals surface area contributed by atoms with Gasteiger partial charge in [0.25, 0.3) is 0 Å². The van der Waals surface area contributed by atoms with Crippen LogP contribution in [-0.2, 0) is 6.54 Å². The molecule has 5 nitrogen and oxygen atoms in total. The third kappa shape index (κ3) is 4.69. The van der Waals surface area contributed by atoms with Crippen molar-refractivity contribution in [2.75, 3.05) is 11.1 Å². The van der Waals surface area contributed by atoms with Crippen LogP contribution in [0.2, 0.25) is 0 Å². The summed E-state index contributed by atoms with van der Waals surface area (Å²) in [7, 11) is 0. The largest absolute Gasteiger partial charge is 0.378 e. The van der Waals surface area contributed by atoms with Gasteiger partial charge in [0.2, 0.25) is 0 Å². The maximum atomic E-state index is 9.94. The number of benzene rings is 1. The summed E-state index contributed by atoms with van der Waals surface area (Å²) >= 11 is 1.94. The van der Waals surface area contributed by atoms with Crippen molar-refractivity contribution in [3.63, 3.8) is 0 Å². The van der Waals surface area contributed by atoms with E-state index in [1.807, 2.05) is 42.2 Å². The van der Waals surface area contributed by atoms with Crippen molar-refractivity contribution in [2.45, 2.75) is 58.1 Å². The lowest BCUT2D eigenvalue weighted by atomic mass is 9.96. The maximum absolute atomic E-state index is 9.94. The molecule has 0 spiro atoms. The van der Waals surface area contributed by atoms with Crippen LogP contribution in [0.3, 0.4) is 0 Å². The number of thioether (sulfide) groups is 1. The van der Waals surface area contributed by atoms with Gasteiger partial charge in [0.05, 0.1) is 10.9 Å². The molecule has 166 valence electrons. The van der Waals surface area contributed by atoms with E-state index in [0.717, 1.165) is 35.1 Å². The first-order valence-electron chi connectivity index (χ1n) is 11.0. The zero-order valence-corrected chi connectivity index (χ0v) is 20.1. The predicted molar refractivity (Wildman–Crippen MR) is 133 cm³/mol. The quantitative estimate of drug-likeness (QED) is 0.553. The van der Waals surface area contributed by atoms with Gasteiger partial charge in [-0.25, -0.2) is 4.68 Å². The first-order chi connectivity index (χ1) is 15.3. The summed E-state index contributed by atoms with van der Waals surface area (Å²) in [5, 5.41) is 18.7. The Kier molecular flexibility index (Phi) is 6.32. The number of fused-ring (bicyclic) bond motifs is 1. The fraction of sp³-hybridized carbons (Fsp3) is 0.385. The van der Waals surface area contributed by atoms with Gasteiger partial charge in [0.15, 0.2) is 0 Å². The van der Waals surface area contributed by atoms with Crippen molar-refractivity contribution in [1.82, 2.24) is 14.8 Å². The van der Waals surface area contributed by atoms with Gasteiger partial charge in [0.1, 0.15) is 17.1 Å². The second-order valence-electron chi connectivity index (χ2n) is 8.78. The van der Waals surface area contributed by atoms with Gasteiger partial charge < -0.3 is 10.4 Å². The number of anilines is 1. The Morgan fingerprint density at radius 1 is 1.28 bits per heavy atom. The average molecular weight is 447 g/mol. The van der Waals surface area contributed by atoms with Crippen molar-refractivity contribution in [3.05, 3.63) is 64.8 Å². The summed E-state index contributed by atoms with van der Waals surface area (Å²) in [5.74, 6) is 8.08. The summed E-state index contributed by atoms with van der Waals surface area (Å²) in [4.78, 5) is 4.61. The molecular formula is C26H30N4OS. The molecule has 0 aliphatic carbocycles. The Morgan fingerprint density at radius 2 is 2.09 bits per heavy atom. The highest BCUT2D eigenvalue weighted by molar-refractivity contribution is 7.99. The van der Waals surface area contributed by atoms with E-state index in [4.69, 9.17) is 5.10 Å². The topological polar surface area (TPSA) is 63.0 Å². The smallest absolute Gasteiger partial charge is 0.129 e. The first-order valence-corrected chi connectivity index (χ1v) is 12.1. The Labute approximate surface area is 194 Å². The van der Waals surface area contributed by atoms with Crippen LogP contribution in [-0.4, -0.2) is 37.3 Å². The maximum Gasteiger partial charge on any atom is 0.129 e. The van der Waals surface area contributed by atoms with Crippen LogP contribution in [0.1, 0.15) is 55.2 Å². The highest BCUT2D eigenvalue weighted by Crippen LogP contribution is 2.47. The standard InChI is InChI=1S/C26H30N4OS/c1-6-30-25-22(23(29-30)21-9-7-8-14-27-21)24(32-16-18(3)28-25)20-11-10-19(15-17(20)2)12-13-26(4,5)31/h7-11,14-15,18,24,28,31H,6,16H2,1-5H3/t18-,24+/m1/s1. The highest BCUT2D eigenvalue weighted by Gasteiger charge is 2.32. The van der Waals surface area contributed by atoms with Gasteiger partial charge in [0, 0.05) is 35.7 Å². The van der Waals surface area contributed by atoms with Gasteiger partial charge in [-0.15, -0.1) is 11.8 Å². The minimum atomic E-state index is -1.01. The number of aromatic nitrogens is 3. The molecule has 0 unspecified atom stereocenters. The van der Waals surface area contributed by atoms with Gasteiger partial charge in [-0.3, -0.25) is 4.98 Å². The van der Waals surface area contributed by atoms with E-state index < -0.39 is 5.60 Å². The number of hydrogen-bond donors (Lipinski definition) is 2. The minimum absolute atomic E-state index is 0.135. The van der Waals surface area contributed by atoms with Crippen molar-refractivity contribution >= 4 is 17.6 Å². The first kappa shape index (κ1) is 22.4. The van der Waals surface area contributed by atoms with E-state index in [2.05, 4.69) is 59.7 Å². The second kappa shape index (κ2) is 9.01. The van der Waals surface area contributed by atoms with Crippen LogP contribution in [0.15, 0.2) is 42.6 Å². The van der Waals surface area contributed by atoms with Gasteiger partial charge in [-0.2, -0.15) is 5.10 Å². The molecule has 3 aromatic rings. The van der Waals surface area contributed by atoms with E-state index in [1.54, 1.807) is 13.8 Å². The molecule has 2 N–H and O–H groups in total. The second-order valence-corrected chi connectivity index (χ2v) is 9.92. The predicted octanol–water partition coefficient (Wildman–Crippen LogP) is 5.03. The van der Waals surface area contributed by atoms with E-state index in [-0.39, 0.29) is 5.25 Å². The summed E-state index contributed by atoms with van der Waals surface area (Å²) in [6.07, 6.45) is 1.82. The van der Waals surface area contributed by atoms with Crippen LogP contribution in [0.4, 0.5) is 5.82 Å². The van der Waals surface area contributed by atoms with Crippen molar-refractivity contribution in [2.24, 2.45) is 0 Å². The number of nitrogens with one attached hydrogen (secondary N) is 1. The molecule has 2 aromatic heterocycles. The number of hydrogen-bond acceptors (Lipinski definition) is 5. The molecule has 1 aliphatic heterocycles. The number of pyridine rings is 1. The number of aliphatic hydroxyl groups is 1. The molecule has 0 saturated carbocycles. The molecule has 4 rings (SSSR count). The molecule has 6 heteroatoms. The lowest BCUT2D eigenvalue weighted by Gasteiger charge is -2.19. The van der Waals surface area contributed by atoms with E-state index in [9.17, 15) is 5.11 Å². The monoisotopic (exact) mass is 446 g/mol. The number of aryl methyl sites for hydroxylation is 2. The molecule has 1 aromatic carbocycles. The van der Waals surface area contributed by atoms with Gasteiger partial charge in [-0.1, -0.05) is 24.0 Å². The number of nitrogens with zero attached hydrogens (tertiary/aromatic N) is 3. The highest BCUT2D eigenvalue weighted by atomic mass is 32.2. The van der Waals surface area contributed by atoms with Crippen molar-refractivity contribution in [3.8, 4) is 23.2 Å². The Hall–Kier alpha value is -2.75. The van der Waals surface area contributed by atoms with Crippen LogP contribution in [0.5, 0.6) is 0 Å². The summed E-state index contributed by atoms with van der Waals surface area (Å²) in [6, 6.07) is 12.6. The Bertz CT molecular complexity index is 1170. The minimum Gasteiger partial charge on any atom is -0.378 e. The van der Waals surface area contributed by atoms with Gasteiger partial charge in [-0.05, 0) is 70.0 Å². The molecule has 0 radical (unpaired) electrons. The normalized spacial score (nSPS) is 18.2. The lowest BCUT2D eigenvalue weighted by molar-refractivity contribution is 0.143. The average Bonchev–Trinajstić information content (AvgIpc) is 3.02. The third-order valence-electron chi connectivity index (χ3n) is 5.42. The molecule has 0 fully saturated rings. The zero-order chi connectivity index (χ0) is 22.9. The van der Waals surface area contributed by atoms with E-state index in [1.165, 1.54) is 16.7 Å². The van der Waals surface area contributed by atoms with Crippen LogP contribution >= 0.6 is 11.8 Å².